The van der Waals surface area contributed by atoms with Gasteiger partial charge < -0.3 is 14.4 Å². The van der Waals surface area contributed by atoms with Gasteiger partial charge >= 0.3 is 6.09 Å². The second-order valence-corrected chi connectivity index (χ2v) is 10.9. The predicted molar refractivity (Wildman–Crippen MR) is 154 cm³/mol. The molecule has 9 nitrogen and oxygen atoms in total. The Balaban J connectivity index is 1.31. The Morgan fingerprint density at radius 2 is 1.90 bits per heavy atom. The molecule has 206 valence electrons. The van der Waals surface area contributed by atoms with Gasteiger partial charge in [-0.1, -0.05) is 24.8 Å². The lowest BCUT2D eigenvalue weighted by Gasteiger charge is -2.24. The third-order valence-electron chi connectivity index (χ3n) is 6.58. The van der Waals surface area contributed by atoms with Crippen molar-refractivity contribution in [2.24, 2.45) is 0 Å². The van der Waals surface area contributed by atoms with Crippen LogP contribution in [-0.2, 0) is 4.74 Å². The Morgan fingerprint density at radius 3 is 2.60 bits per heavy atom. The molecule has 0 saturated carbocycles. The first-order valence-electron chi connectivity index (χ1n) is 13.3. The number of allylic oxidation sites excluding steroid dienone is 2. The molecule has 4 aromatic rings. The maximum absolute atomic E-state index is 12.3. The topological polar surface area (TPSA) is 94.7 Å². The van der Waals surface area contributed by atoms with Crippen LogP contribution >= 0.6 is 0 Å². The van der Waals surface area contributed by atoms with Crippen molar-refractivity contribution in [2.75, 3.05) is 13.1 Å². The smallest absolute Gasteiger partial charge is 0.410 e. The Hall–Kier alpha value is -4.53. The van der Waals surface area contributed by atoms with Crippen LogP contribution in [0.1, 0.15) is 49.7 Å². The number of likely N-dealkylation sites (tertiary alicyclic amines) is 1. The van der Waals surface area contributed by atoms with Crippen LogP contribution in [0.25, 0.3) is 22.5 Å². The van der Waals surface area contributed by atoms with E-state index in [0.717, 1.165) is 51.4 Å². The average Bonchev–Trinajstić information content (AvgIpc) is 3.54. The minimum atomic E-state index is -0.520. The maximum atomic E-state index is 12.3. The van der Waals surface area contributed by atoms with Gasteiger partial charge in [-0.25, -0.2) is 14.3 Å². The quantitative estimate of drug-likeness (QED) is 0.286. The zero-order valence-electron chi connectivity index (χ0n) is 23.6. The van der Waals surface area contributed by atoms with Crippen molar-refractivity contribution < 1.29 is 14.3 Å². The highest BCUT2D eigenvalue weighted by molar-refractivity contribution is 5.87. The number of nitrogens with zero attached hydrogens (tertiary/aromatic N) is 6. The molecule has 1 unspecified atom stereocenters. The van der Waals surface area contributed by atoms with Gasteiger partial charge in [-0.2, -0.15) is 5.10 Å². The standard InChI is InChI=1S/C31H34N6O3/c1-7-8-26(25-11-9-20(2)35-21(25)3)27-17-34-37-18-22(15-33-29(27)37)28-12-10-23(16-32-28)39-24-13-14-36(19-24)30(38)40-31(4,5)6/h7-12,15-18,24H,1,13-14,19H2,2-6H3/b26-8+. The van der Waals surface area contributed by atoms with Gasteiger partial charge in [-0.3, -0.25) is 9.97 Å². The van der Waals surface area contributed by atoms with Crippen LogP contribution in [-0.4, -0.2) is 60.4 Å². The largest absolute Gasteiger partial charge is 0.487 e. The Bertz CT molecular complexity index is 1580. The van der Waals surface area contributed by atoms with Gasteiger partial charge in [0.05, 0.1) is 24.6 Å². The molecule has 9 heteroatoms. The van der Waals surface area contributed by atoms with E-state index in [0.29, 0.717) is 18.8 Å². The highest BCUT2D eigenvalue weighted by Gasteiger charge is 2.31. The van der Waals surface area contributed by atoms with Crippen LogP contribution in [0.5, 0.6) is 5.75 Å². The molecule has 0 N–H and O–H groups in total. The number of rotatable bonds is 6. The first kappa shape index (κ1) is 27.1. The number of aryl methyl sites for hydroxylation is 2. The van der Waals surface area contributed by atoms with Crippen LogP contribution in [0.15, 0.2) is 67.8 Å². The van der Waals surface area contributed by atoms with Gasteiger partial charge in [-0.15, -0.1) is 0 Å². The van der Waals surface area contributed by atoms with Crippen LogP contribution in [0.3, 0.4) is 0 Å². The molecule has 4 aromatic heterocycles. The SMILES string of the molecule is C=C/C=C(\c1ccc(C)nc1C)c1cnn2cc(-c3ccc(OC4CCN(C(=O)OC(C)(C)C)C4)cn3)cnc12. The van der Waals surface area contributed by atoms with Crippen molar-refractivity contribution in [2.45, 2.75) is 52.7 Å². The third kappa shape index (κ3) is 5.88. The molecule has 1 saturated heterocycles. The average molecular weight is 539 g/mol. The summed E-state index contributed by atoms with van der Waals surface area (Å²) in [6.45, 7) is 14.6. The summed E-state index contributed by atoms with van der Waals surface area (Å²) < 4.78 is 13.3. The first-order valence-corrected chi connectivity index (χ1v) is 13.3. The molecular weight excluding hydrogens is 504 g/mol. The lowest BCUT2D eigenvalue weighted by atomic mass is 9.98. The zero-order valence-corrected chi connectivity index (χ0v) is 23.6. The number of carbonyl (C=O) groups excluding carboxylic acids is 1. The molecule has 5 rings (SSSR count). The second kappa shape index (κ2) is 10.9. The molecule has 40 heavy (non-hydrogen) atoms. The summed E-state index contributed by atoms with van der Waals surface area (Å²) >= 11 is 0. The molecule has 1 atom stereocenters. The monoisotopic (exact) mass is 538 g/mol. The van der Waals surface area contributed by atoms with Crippen molar-refractivity contribution in [3.8, 4) is 17.0 Å². The van der Waals surface area contributed by atoms with Crippen LogP contribution in [0.2, 0.25) is 0 Å². The predicted octanol–water partition coefficient (Wildman–Crippen LogP) is 5.81. The zero-order chi connectivity index (χ0) is 28.4. The van der Waals surface area contributed by atoms with Gasteiger partial charge in [0.15, 0.2) is 5.65 Å². The molecule has 5 heterocycles. The number of amides is 1. The van der Waals surface area contributed by atoms with E-state index in [1.165, 1.54) is 0 Å². The Morgan fingerprint density at radius 1 is 1.07 bits per heavy atom. The van der Waals surface area contributed by atoms with Crippen LogP contribution in [0.4, 0.5) is 4.79 Å². The normalized spacial score (nSPS) is 15.9. The lowest BCUT2D eigenvalue weighted by molar-refractivity contribution is 0.0275. The number of hydrogen-bond donors (Lipinski definition) is 0. The number of pyridine rings is 2. The summed E-state index contributed by atoms with van der Waals surface area (Å²) in [6, 6.07) is 7.85. The Labute approximate surface area is 234 Å². The fourth-order valence-electron chi connectivity index (χ4n) is 4.74. The van der Waals surface area contributed by atoms with E-state index in [1.807, 2.05) is 71.3 Å². The summed E-state index contributed by atoms with van der Waals surface area (Å²) in [7, 11) is 0. The highest BCUT2D eigenvalue weighted by atomic mass is 16.6. The van der Waals surface area contributed by atoms with Gasteiger partial charge in [0.25, 0.3) is 0 Å². The number of fused-ring (bicyclic) bond motifs is 1. The second-order valence-electron chi connectivity index (χ2n) is 10.9. The van der Waals surface area contributed by atoms with Gasteiger partial charge in [0.1, 0.15) is 17.5 Å². The number of ether oxygens (including phenoxy) is 2. The van der Waals surface area contributed by atoms with Gasteiger partial charge in [0.2, 0.25) is 0 Å². The summed E-state index contributed by atoms with van der Waals surface area (Å²) in [6.07, 6.45) is 11.3. The number of carbonyl (C=O) groups is 1. The third-order valence-corrected chi connectivity index (χ3v) is 6.58. The molecule has 1 aliphatic heterocycles. The molecular formula is C31H34N6O3. The highest BCUT2D eigenvalue weighted by Crippen LogP contribution is 2.29. The van der Waals surface area contributed by atoms with Crippen molar-refractivity contribution in [3.05, 3.63) is 90.3 Å². The molecule has 0 spiro atoms. The molecule has 1 aliphatic rings. The minimum absolute atomic E-state index is 0.106. The lowest BCUT2D eigenvalue weighted by Crippen LogP contribution is -2.36. The van der Waals surface area contributed by atoms with Crippen LogP contribution < -0.4 is 4.74 Å². The first-order chi connectivity index (χ1) is 19.1. The van der Waals surface area contributed by atoms with Crippen LogP contribution in [0, 0.1) is 13.8 Å². The van der Waals surface area contributed by atoms with E-state index in [4.69, 9.17) is 14.5 Å². The molecule has 0 aliphatic carbocycles. The van der Waals surface area contributed by atoms with E-state index >= 15 is 0 Å². The molecule has 0 aromatic carbocycles. The molecule has 1 amide bonds. The Kier molecular flexibility index (Phi) is 7.38. The minimum Gasteiger partial charge on any atom is -0.487 e. The van der Waals surface area contributed by atoms with Crippen molar-refractivity contribution in [3.63, 3.8) is 0 Å². The van der Waals surface area contributed by atoms with Crippen molar-refractivity contribution in [1.29, 1.82) is 0 Å². The summed E-state index contributed by atoms with van der Waals surface area (Å²) in [5.74, 6) is 0.650. The fraction of sp³-hybridized carbons (Fsp3) is 0.323. The summed E-state index contributed by atoms with van der Waals surface area (Å²) in [5.41, 5.74) is 6.57. The number of hydrogen-bond acceptors (Lipinski definition) is 7. The number of aromatic nitrogens is 5. The van der Waals surface area contributed by atoms with Gasteiger partial charge in [-0.05, 0) is 58.4 Å². The van der Waals surface area contributed by atoms with Crippen molar-refractivity contribution in [1.82, 2.24) is 29.5 Å². The van der Waals surface area contributed by atoms with E-state index < -0.39 is 5.60 Å². The summed E-state index contributed by atoms with van der Waals surface area (Å²) in [4.78, 5) is 28.0. The molecule has 0 bridgehead atoms. The fourth-order valence-corrected chi connectivity index (χ4v) is 4.74. The van der Waals surface area contributed by atoms with E-state index in [9.17, 15) is 4.79 Å². The van der Waals surface area contributed by atoms with Gasteiger partial charge in [0, 0.05) is 53.4 Å². The van der Waals surface area contributed by atoms with E-state index in [1.54, 1.807) is 27.9 Å². The van der Waals surface area contributed by atoms with E-state index in [-0.39, 0.29) is 12.2 Å². The van der Waals surface area contributed by atoms with Crippen molar-refractivity contribution >= 4 is 17.3 Å². The summed E-state index contributed by atoms with van der Waals surface area (Å²) in [5, 5.41) is 4.57. The molecule has 0 radical (unpaired) electrons. The van der Waals surface area contributed by atoms with E-state index in [2.05, 4.69) is 27.7 Å². The maximum Gasteiger partial charge on any atom is 0.410 e. The molecule has 1 fully saturated rings.